The summed E-state index contributed by atoms with van der Waals surface area (Å²) in [5, 5.41) is 14.5. The molecule has 1 unspecified atom stereocenters. The second-order valence-corrected chi connectivity index (χ2v) is 6.62. The second-order valence-electron chi connectivity index (χ2n) is 6.62. The van der Waals surface area contributed by atoms with E-state index in [4.69, 9.17) is 5.73 Å². The molecule has 0 bridgehead atoms. The van der Waals surface area contributed by atoms with E-state index in [9.17, 15) is 14.9 Å². The Morgan fingerprint density at radius 2 is 2.11 bits per heavy atom. The van der Waals surface area contributed by atoms with Crippen LogP contribution < -0.4 is 11.1 Å². The SMILES string of the molecule is Cl.Nc1ccc(C(=O)N(Cc2ccccn2)C2CCCNCC2)cc1[N+](=O)[O-]. The van der Waals surface area contributed by atoms with Crippen molar-refractivity contribution in [3.63, 3.8) is 0 Å². The summed E-state index contributed by atoms with van der Waals surface area (Å²) in [6.07, 6.45) is 4.37. The summed E-state index contributed by atoms with van der Waals surface area (Å²) >= 11 is 0. The number of hydrogen-bond acceptors (Lipinski definition) is 6. The normalized spacial score (nSPS) is 16.5. The van der Waals surface area contributed by atoms with Crippen LogP contribution in [0.5, 0.6) is 0 Å². The quantitative estimate of drug-likeness (QED) is 0.449. The molecule has 1 fully saturated rings. The van der Waals surface area contributed by atoms with Crippen LogP contribution in [-0.2, 0) is 6.54 Å². The van der Waals surface area contributed by atoms with Crippen LogP contribution in [-0.4, -0.2) is 39.8 Å². The van der Waals surface area contributed by atoms with Gasteiger partial charge in [0.1, 0.15) is 5.69 Å². The third-order valence-corrected chi connectivity index (χ3v) is 4.78. The summed E-state index contributed by atoms with van der Waals surface area (Å²) < 4.78 is 0. The van der Waals surface area contributed by atoms with Crippen molar-refractivity contribution in [2.45, 2.75) is 31.8 Å². The summed E-state index contributed by atoms with van der Waals surface area (Å²) in [6, 6.07) is 9.86. The van der Waals surface area contributed by atoms with Gasteiger partial charge >= 0.3 is 0 Å². The zero-order chi connectivity index (χ0) is 19.2. The maximum absolute atomic E-state index is 13.3. The molecule has 1 aromatic heterocycles. The smallest absolute Gasteiger partial charge is 0.292 e. The van der Waals surface area contributed by atoms with Crippen LogP contribution in [0.4, 0.5) is 11.4 Å². The van der Waals surface area contributed by atoms with Crippen LogP contribution in [0.25, 0.3) is 0 Å². The number of halogens is 1. The molecule has 1 aliphatic rings. The highest BCUT2D eigenvalue weighted by Gasteiger charge is 2.27. The van der Waals surface area contributed by atoms with E-state index in [2.05, 4.69) is 10.3 Å². The molecule has 150 valence electrons. The van der Waals surface area contributed by atoms with Crippen molar-refractivity contribution in [1.82, 2.24) is 15.2 Å². The zero-order valence-corrected chi connectivity index (χ0v) is 16.2. The molecule has 1 aliphatic heterocycles. The first-order chi connectivity index (χ1) is 13.1. The zero-order valence-electron chi connectivity index (χ0n) is 15.4. The molecular weight excluding hydrogens is 382 g/mol. The van der Waals surface area contributed by atoms with Gasteiger partial charge in [-0.1, -0.05) is 6.07 Å². The Balaban J connectivity index is 0.00000280. The standard InChI is InChI=1S/C19H23N5O3.ClH/c20-17-7-6-14(12-18(17)24(26)27)19(25)23(13-15-4-1-2-10-22-15)16-5-3-9-21-11-8-16;/h1-2,4,6-7,10,12,16,21H,3,5,8-9,11,13,20H2;1H. The van der Waals surface area contributed by atoms with Crippen LogP contribution in [0.1, 0.15) is 35.3 Å². The number of carbonyl (C=O) groups excluding carboxylic acids is 1. The Labute approximate surface area is 169 Å². The Kier molecular flexibility index (Phi) is 7.71. The summed E-state index contributed by atoms with van der Waals surface area (Å²) in [5.74, 6) is -0.240. The van der Waals surface area contributed by atoms with E-state index in [-0.39, 0.29) is 41.3 Å². The van der Waals surface area contributed by atoms with E-state index in [0.29, 0.717) is 6.54 Å². The van der Waals surface area contributed by atoms with Crippen molar-refractivity contribution < 1.29 is 9.72 Å². The molecule has 0 saturated carbocycles. The minimum Gasteiger partial charge on any atom is -0.393 e. The fourth-order valence-electron chi connectivity index (χ4n) is 3.35. The fourth-order valence-corrected chi connectivity index (χ4v) is 3.35. The molecule has 1 amide bonds. The molecule has 8 nitrogen and oxygen atoms in total. The Hall–Kier alpha value is -2.71. The average Bonchev–Trinajstić information content (AvgIpc) is 2.96. The third kappa shape index (κ3) is 5.17. The predicted octanol–water partition coefficient (Wildman–Crippen LogP) is 2.78. The molecular formula is C19H24ClN5O3. The summed E-state index contributed by atoms with van der Waals surface area (Å²) in [6.45, 7) is 2.12. The van der Waals surface area contributed by atoms with Crippen molar-refractivity contribution in [3.8, 4) is 0 Å². The number of nitrogens with one attached hydrogen (secondary N) is 1. The van der Waals surface area contributed by atoms with Gasteiger partial charge in [0.15, 0.2) is 0 Å². The van der Waals surface area contributed by atoms with Gasteiger partial charge in [-0.05, 0) is 56.6 Å². The molecule has 28 heavy (non-hydrogen) atoms. The lowest BCUT2D eigenvalue weighted by Gasteiger charge is -2.31. The molecule has 2 aromatic rings. The van der Waals surface area contributed by atoms with E-state index in [1.807, 2.05) is 18.2 Å². The number of nitro groups is 1. The van der Waals surface area contributed by atoms with Gasteiger partial charge in [-0.2, -0.15) is 0 Å². The molecule has 0 radical (unpaired) electrons. The lowest BCUT2D eigenvalue weighted by Crippen LogP contribution is -2.40. The largest absolute Gasteiger partial charge is 0.393 e. The Morgan fingerprint density at radius 1 is 1.29 bits per heavy atom. The number of hydrogen-bond donors (Lipinski definition) is 2. The third-order valence-electron chi connectivity index (χ3n) is 4.78. The van der Waals surface area contributed by atoms with Gasteiger partial charge in [0.25, 0.3) is 11.6 Å². The first kappa shape index (κ1) is 21.6. The molecule has 1 saturated heterocycles. The molecule has 0 aliphatic carbocycles. The van der Waals surface area contributed by atoms with E-state index in [1.54, 1.807) is 17.2 Å². The number of amides is 1. The molecule has 3 N–H and O–H groups in total. The highest BCUT2D eigenvalue weighted by Crippen LogP contribution is 2.25. The number of nitrogens with zero attached hydrogens (tertiary/aromatic N) is 3. The van der Waals surface area contributed by atoms with Crippen molar-refractivity contribution in [2.75, 3.05) is 18.8 Å². The van der Waals surface area contributed by atoms with Crippen molar-refractivity contribution >= 4 is 29.7 Å². The van der Waals surface area contributed by atoms with Crippen LogP contribution in [0, 0.1) is 10.1 Å². The number of nitrogens with two attached hydrogens (primary N) is 1. The van der Waals surface area contributed by atoms with E-state index in [1.165, 1.54) is 12.1 Å². The van der Waals surface area contributed by atoms with E-state index in [0.717, 1.165) is 38.0 Å². The van der Waals surface area contributed by atoms with Gasteiger partial charge in [-0.15, -0.1) is 12.4 Å². The van der Waals surface area contributed by atoms with Gasteiger partial charge < -0.3 is 16.0 Å². The Bertz CT molecular complexity index is 810. The molecule has 9 heteroatoms. The molecule has 2 heterocycles. The topological polar surface area (TPSA) is 114 Å². The fraction of sp³-hybridized carbons (Fsp3) is 0.368. The first-order valence-corrected chi connectivity index (χ1v) is 9.02. The average molecular weight is 406 g/mol. The van der Waals surface area contributed by atoms with Crippen LogP contribution in [0.2, 0.25) is 0 Å². The second kappa shape index (κ2) is 10.0. The summed E-state index contributed by atoms with van der Waals surface area (Å²) in [5.41, 5.74) is 6.52. The maximum atomic E-state index is 13.3. The number of nitrogen functional groups attached to an aromatic ring is 1. The predicted molar refractivity (Wildman–Crippen MR) is 109 cm³/mol. The monoisotopic (exact) mass is 405 g/mol. The lowest BCUT2D eigenvalue weighted by molar-refractivity contribution is -0.383. The van der Waals surface area contributed by atoms with Crippen molar-refractivity contribution in [2.24, 2.45) is 0 Å². The highest BCUT2D eigenvalue weighted by molar-refractivity contribution is 5.95. The van der Waals surface area contributed by atoms with Gasteiger partial charge in [0.05, 0.1) is 17.2 Å². The molecule has 1 atom stereocenters. The van der Waals surface area contributed by atoms with E-state index < -0.39 is 4.92 Å². The van der Waals surface area contributed by atoms with Gasteiger partial charge in [0.2, 0.25) is 0 Å². The van der Waals surface area contributed by atoms with Gasteiger partial charge in [-0.3, -0.25) is 19.9 Å². The summed E-state index contributed by atoms with van der Waals surface area (Å²) in [4.78, 5) is 30.0. The van der Waals surface area contributed by atoms with Crippen LogP contribution in [0.15, 0.2) is 42.6 Å². The molecule has 1 aromatic carbocycles. The number of aromatic nitrogens is 1. The first-order valence-electron chi connectivity index (χ1n) is 9.02. The molecule has 3 rings (SSSR count). The number of anilines is 1. The van der Waals surface area contributed by atoms with Gasteiger partial charge in [-0.25, -0.2) is 0 Å². The Morgan fingerprint density at radius 3 is 2.82 bits per heavy atom. The van der Waals surface area contributed by atoms with Crippen molar-refractivity contribution in [3.05, 3.63) is 64.0 Å². The number of carbonyl (C=O) groups is 1. The minimum atomic E-state index is -0.565. The highest BCUT2D eigenvalue weighted by atomic mass is 35.5. The number of rotatable bonds is 5. The van der Waals surface area contributed by atoms with E-state index >= 15 is 0 Å². The lowest BCUT2D eigenvalue weighted by atomic mass is 10.0. The number of pyridine rings is 1. The van der Waals surface area contributed by atoms with Crippen molar-refractivity contribution in [1.29, 1.82) is 0 Å². The van der Waals surface area contributed by atoms with Gasteiger partial charge in [0, 0.05) is 23.9 Å². The van der Waals surface area contributed by atoms with Crippen LogP contribution >= 0.6 is 12.4 Å². The minimum absolute atomic E-state index is 0. The number of benzene rings is 1. The molecule has 0 spiro atoms. The maximum Gasteiger partial charge on any atom is 0.292 e. The summed E-state index contributed by atoms with van der Waals surface area (Å²) in [7, 11) is 0. The number of nitro benzene ring substituents is 1. The van der Waals surface area contributed by atoms with Crippen LogP contribution in [0.3, 0.4) is 0 Å².